The number of carbonyl (C=O) groups is 1. The van der Waals surface area contributed by atoms with Crippen LogP contribution < -0.4 is 14.8 Å². The third-order valence-corrected chi connectivity index (χ3v) is 5.60. The second-order valence-corrected chi connectivity index (χ2v) is 7.85. The Bertz CT molecular complexity index is 1010. The van der Waals surface area contributed by atoms with Crippen molar-refractivity contribution >= 4 is 46.6 Å². The fourth-order valence-electron chi connectivity index (χ4n) is 2.58. The Labute approximate surface area is 188 Å². The molecule has 0 radical (unpaired) electrons. The van der Waals surface area contributed by atoms with E-state index >= 15 is 0 Å². The number of carbonyl (C=O) groups excluding carboxylic acids is 1. The zero-order valence-corrected chi connectivity index (χ0v) is 18.7. The molecule has 0 aliphatic rings. The first-order valence-electron chi connectivity index (χ1n) is 9.06. The van der Waals surface area contributed by atoms with Gasteiger partial charge in [-0.3, -0.25) is 4.79 Å². The van der Waals surface area contributed by atoms with Gasteiger partial charge in [0.05, 0.1) is 23.6 Å². The first kappa shape index (κ1) is 22.3. The molecule has 2 aromatic carbocycles. The first-order valence-corrected chi connectivity index (χ1v) is 10.8. The maximum atomic E-state index is 12.3. The average molecular weight is 467 g/mol. The van der Waals surface area contributed by atoms with E-state index in [1.807, 2.05) is 35.8 Å². The van der Waals surface area contributed by atoms with Gasteiger partial charge in [-0.1, -0.05) is 35.0 Å². The fourth-order valence-corrected chi connectivity index (χ4v) is 3.74. The van der Waals surface area contributed by atoms with Crippen LogP contribution in [0.2, 0.25) is 10.0 Å². The number of nitrogens with one attached hydrogen (secondary N) is 1. The van der Waals surface area contributed by atoms with E-state index in [4.69, 9.17) is 32.7 Å². The van der Waals surface area contributed by atoms with Crippen molar-refractivity contribution in [3.63, 3.8) is 0 Å². The lowest BCUT2D eigenvalue weighted by atomic mass is 10.3. The average Bonchev–Trinajstić information content (AvgIpc) is 3.15. The topological polar surface area (TPSA) is 78.3 Å². The van der Waals surface area contributed by atoms with Gasteiger partial charge in [0.1, 0.15) is 18.1 Å². The monoisotopic (exact) mass is 466 g/mol. The molecule has 0 spiro atoms. The highest BCUT2D eigenvalue weighted by molar-refractivity contribution is 7.99. The number of benzene rings is 2. The summed E-state index contributed by atoms with van der Waals surface area (Å²) in [6.45, 7) is 2.90. The summed E-state index contributed by atoms with van der Waals surface area (Å²) in [5.74, 6) is 2.07. The minimum Gasteiger partial charge on any atom is -0.497 e. The van der Waals surface area contributed by atoms with Gasteiger partial charge in [0, 0.05) is 11.6 Å². The van der Waals surface area contributed by atoms with Crippen LogP contribution in [0, 0.1) is 0 Å². The molecule has 0 aliphatic heterocycles. The molecule has 0 saturated heterocycles. The number of thioether (sulfide) groups is 1. The molecule has 7 nitrogen and oxygen atoms in total. The summed E-state index contributed by atoms with van der Waals surface area (Å²) in [7, 11) is 1.61. The molecule has 1 amide bonds. The molecule has 10 heteroatoms. The van der Waals surface area contributed by atoms with Crippen LogP contribution in [-0.2, 0) is 17.9 Å². The molecule has 1 aromatic heterocycles. The smallest absolute Gasteiger partial charge is 0.234 e. The molecule has 3 aromatic rings. The molecule has 158 valence electrons. The van der Waals surface area contributed by atoms with Crippen molar-refractivity contribution in [1.82, 2.24) is 14.8 Å². The predicted octanol–water partition coefficient (Wildman–Crippen LogP) is 4.92. The molecule has 1 heterocycles. The van der Waals surface area contributed by atoms with Gasteiger partial charge in [0.25, 0.3) is 0 Å². The van der Waals surface area contributed by atoms with Crippen molar-refractivity contribution in [1.29, 1.82) is 0 Å². The van der Waals surface area contributed by atoms with Crippen LogP contribution in [0.25, 0.3) is 0 Å². The molecule has 3 rings (SSSR count). The molecule has 0 unspecified atom stereocenters. The van der Waals surface area contributed by atoms with Crippen LogP contribution in [0.4, 0.5) is 5.69 Å². The van der Waals surface area contributed by atoms with Gasteiger partial charge in [0.15, 0.2) is 11.0 Å². The Kier molecular flexibility index (Phi) is 7.84. The van der Waals surface area contributed by atoms with Crippen LogP contribution in [0.3, 0.4) is 0 Å². The molecule has 0 atom stereocenters. The van der Waals surface area contributed by atoms with Gasteiger partial charge in [-0.25, -0.2) is 0 Å². The van der Waals surface area contributed by atoms with E-state index in [1.165, 1.54) is 11.8 Å². The minimum atomic E-state index is -0.217. The van der Waals surface area contributed by atoms with Crippen molar-refractivity contribution in [2.75, 3.05) is 18.2 Å². The molecular formula is C20H20Cl2N4O3S. The zero-order chi connectivity index (χ0) is 21.5. The van der Waals surface area contributed by atoms with E-state index in [0.29, 0.717) is 39.0 Å². The number of methoxy groups -OCH3 is 1. The van der Waals surface area contributed by atoms with Crippen LogP contribution >= 0.6 is 35.0 Å². The summed E-state index contributed by atoms with van der Waals surface area (Å²) >= 11 is 13.3. The van der Waals surface area contributed by atoms with E-state index in [-0.39, 0.29) is 18.3 Å². The summed E-state index contributed by atoms with van der Waals surface area (Å²) in [6.07, 6.45) is 0. The van der Waals surface area contributed by atoms with Crippen molar-refractivity contribution < 1.29 is 14.3 Å². The van der Waals surface area contributed by atoms with Gasteiger partial charge in [0.2, 0.25) is 5.91 Å². The Morgan fingerprint density at radius 1 is 1.13 bits per heavy atom. The third kappa shape index (κ3) is 5.81. The SMILES string of the molecule is CCn1c(COc2ccc(OC)cc2)nnc1SCC(=O)Nc1cc(Cl)ccc1Cl. The number of rotatable bonds is 9. The van der Waals surface area contributed by atoms with Crippen LogP contribution in [0.15, 0.2) is 47.6 Å². The summed E-state index contributed by atoms with van der Waals surface area (Å²) in [5, 5.41) is 12.7. The zero-order valence-electron chi connectivity index (χ0n) is 16.4. The quantitative estimate of drug-likeness (QED) is 0.450. The Balaban J connectivity index is 1.58. The predicted molar refractivity (Wildman–Crippen MR) is 119 cm³/mol. The number of hydrogen-bond donors (Lipinski definition) is 1. The highest BCUT2D eigenvalue weighted by Gasteiger charge is 2.14. The number of anilines is 1. The van der Waals surface area contributed by atoms with Crippen molar-refractivity contribution in [2.24, 2.45) is 0 Å². The Hall–Kier alpha value is -2.42. The van der Waals surface area contributed by atoms with E-state index in [9.17, 15) is 4.79 Å². The van der Waals surface area contributed by atoms with E-state index in [0.717, 1.165) is 5.75 Å². The number of ether oxygens (including phenoxy) is 2. The van der Waals surface area contributed by atoms with Crippen molar-refractivity contribution in [2.45, 2.75) is 25.2 Å². The van der Waals surface area contributed by atoms with E-state index in [1.54, 1.807) is 25.3 Å². The highest BCUT2D eigenvalue weighted by atomic mass is 35.5. The van der Waals surface area contributed by atoms with Gasteiger partial charge in [-0.05, 0) is 49.4 Å². The maximum Gasteiger partial charge on any atom is 0.234 e. The summed E-state index contributed by atoms with van der Waals surface area (Å²) in [6, 6.07) is 12.2. The van der Waals surface area contributed by atoms with Crippen molar-refractivity contribution in [3.8, 4) is 11.5 Å². The molecule has 0 fully saturated rings. The molecule has 0 saturated carbocycles. The number of nitrogens with zero attached hydrogens (tertiary/aromatic N) is 3. The number of hydrogen-bond acceptors (Lipinski definition) is 6. The standard InChI is InChI=1S/C20H20Cl2N4O3S/c1-3-26-18(11-29-15-7-5-14(28-2)6-8-15)24-25-20(26)30-12-19(27)23-17-10-13(21)4-9-16(17)22/h4-10H,3,11-12H2,1-2H3,(H,23,27). The summed E-state index contributed by atoms with van der Waals surface area (Å²) < 4.78 is 12.8. The third-order valence-electron chi connectivity index (χ3n) is 4.07. The Morgan fingerprint density at radius 2 is 1.87 bits per heavy atom. The number of aromatic nitrogens is 3. The van der Waals surface area contributed by atoms with Crippen LogP contribution in [0.1, 0.15) is 12.7 Å². The molecule has 0 aliphatic carbocycles. The highest BCUT2D eigenvalue weighted by Crippen LogP contribution is 2.26. The lowest BCUT2D eigenvalue weighted by Crippen LogP contribution is -2.15. The van der Waals surface area contributed by atoms with Gasteiger partial charge < -0.3 is 19.4 Å². The summed E-state index contributed by atoms with van der Waals surface area (Å²) in [4.78, 5) is 12.3. The van der Waals surface area contributed by atoms with E-state index < -0.39 is 0 Å². The second-order valence-electron chi connectivity index (χ2n) is 6.07. The van der Waals surface area contributed by atoms with Gasteiger partial charge in [-0.15, -0.1) is 10.2 Å². The minimum absolute atomic E-state index is 0.153. The first-order chi connectivity index (χ1) is 14.5. The molecular weight excluding hydrogens is 447 g/mol. The maximum absolute atomic E-state index is 12.3. The lowest BCUT2D eigenvalue weighted by Gasteiger charge is -2.10. The summed E-state index contributed by atoms with van der Waals surface area (Å²) in [5.41, 5.74) is 0.473. The van der Waals surface area contributed by atoms with Crippen molar-refractivity contribution in [3.05, 3.63) is 58.3 Å². The Morgan fingerprint density at radius 3 is 2.57 bits per heavy atom. The number of halogens is 2. The van der Waals surface area contributed by atoms with Gasteiger partial charge in [-0.2, -0.15) is 0 Å². The number of amides is 1. The van der Waals surface area contributed by atoms with Gasteiger partial charge >= 0.3 is 0 Å². The van der Waals surface area contributed by atoms with Crippen LogP contribution in [0.5, 0.6) is 11.5 Å². The molecule has 0 bridgehead atoms. The molecule has 1 N–H and O–H groups in total. The van der Waals surface area contributed by atoms with E-state index in [2.05, 4.69) is 15.5 Å². The second kappa shape index (κ2) is 10.6. The fraction of sp³-hybridized carbons (Fsp3) is 0.250. The normalized spacial score (nSPS) is 10.7. The lowest BCUT2D eigenvalue weighted by molar-refractivity contribution is -0.113. The molecule has 30 heavy (non-hydrogen) atoms. The largest absolute Gasteiger partial charge is 0.497 e. The van der Waals surface area contributed by atoms with Crippen LogP contribution in [-0.4, -0.2) is 33.5 Å².